The minimum absolute atomic E-state index is 0.323. The lowest BCUT2D eigenvalue weighted by molar-refractivity contribution is -0.110. The zero-order valence-electron chi connectivity index (χ0n) is 31.2. The van der Waals surface area contributed by atoms with E-state index in [-0.39, 0.29) is 5.82 Å². The Bertz CT molecular complexity index is 1210. The van der Waals surface area contributed by atoms with Crippen LogP contribution in [-0.4, -0.2) is 36.2 Å². The first-order chi connectivity index (χ1) is 22.3. The molecule has 2 aromatic heterocycles. The van der Waals surface area contributed by atoms with Crippen LogP contribution < -0.4 is 15.4 Å². The van der Waals surface area contributed by atoms with Gasteiger partial charge in [-0.3, -0.25) is 4.79 Å². The highest BCUT2D eigenvalue weighted by molar-refractivity contribution is 5.80. The molecule has 1 aromatic carbocycles. The molecule has 0 aliphatic rings. The Morgan fingerprint density at radius 3 is 2.02 bits per heavy atom. The van der Waals surface area contributed by atoms with Crippen molar-refractivity contribution in [3.8, 4) is 16.9 Å². The Labute approximate surface area is 281 Å². The Morgan fingerprint density at radius 2 is 1.59 bits per heavy atom. The molecule has 0 bridgehead atoms. The number of rotatable bonds is 12. The third kappa shape index (κ3) is 17.6. The topological polar surface area (TPSA) is 67.7 Å². The molecule has 0 radical (unpaired) electrons. The molecule has 260 valence electrons. The summed E-state index contributed by atoms with van der Waals surface area (Å²) in [6.07, 6.45) is 17.4. The van der Waals surface area contributed by atoms with Gasteiger partial charge < -0.3 is 15.4 Å². The number of ether oxygens (including phenoxy) is 1. The van der Waals surface area contributed by atoms with Gasteiger partial charge in [0, 0.05) is 36.1 Å². The number of nitrogens with one attached hydrogen (secondary N) is 2. The first-order valence-corrected chi connectivity index (χ1v) is 16.9. The quantitative estimate of drug-likeness (QED) is 0.117. The van der Waals surface area contributed by atoms with Crippen LogP contribution in [0.1, 0.15) is 107 Å². The number of hydrogen-bond acceptors (Lipinski definition) is 4. The molecule has 1 amide bonds. The van der Waals surface area contributed by atoms with E-state index in [0.29, 0.717) is 34.3 Å². The first-order valence-electron chi connectivity index (χ1n) is 16.9. The molecule has 0 spiro atoms. The molecule has 0 saturated carbocycles. The maximum absolute atomic E-state index is 15.0. The predicted octanol–water partition coefficient (Wildman–Crippen LogP) is 10.9. The summed E-state index contributed by atoms with van der Waals surface area (Å²) in [5.74, 6) is 0.954. The molecule has 1 unspecified atom stereocenters. The van der Waals surface area contributed by atoms with Gasteiger partial charge in [-0.25, -0.2) is 8.91 Å². The number of benzene rings is 1. The number of methoxy groups -OCH3 is 1. The summed E-state index contributed by atoms with van der Waals surface area (Å²) in [6.45, 7) is 26.4. The van der Waals surface area contributed by atoms with E-state index in [0.717, 1.165) is 30.6 Å². The minimum atomic E-state index is -0.323. The van der Waals surface area contributed by atoms with Crippen LogP contribution in [0.2, 0.25) is 0 Å². The molecular formula is C39H65FN4O2. The van der Waals surface area contributed by atoms with Gasteiger partial charge in [0.15, 0.2) is 5.82 Å². The van der Waals surface area contributed by atoms with E-state index in [9.17, 15) is 9.18 Å². The van der Waals surface area contributed by atoms with Crippen molar-refractivity contribution in [1.82, 2.24) is 20.2 Å². The summed E-state index contributed by atoms with van der Waals surface area (Å²) in [4.78, 5) is 9.97. The second kappa shape index (κ2) is 31.1. The standard InChI is InChI=1S/C17H16FN3O.C9H16.C7H15NO.3C2H6/c1-11(19-2)15-10-20-21-9-8-14(16(18)17(15)21)12-4-6-13(22-3)7-5-12;1-3-5-7-9-8-6-4-2;1-4-7(6(2)3)8-5-9;3*1-2/h4-10,19H,1H2,2-3H3;3,5-6,8H,4,7,9H2,1-2H3;5-7H,4H2,1-3H3,(H,8,9);3*1-2H3/b;5-3-,8-6-;;;;. The summed E-state index contributed by atoms with van der Waals surface area (Å²) in [7, 11) is 3.35. The second-order valence-electron chi connectivity index (χ2n) is 9.42. The Morgan fingerprint density at radius 1 is 1.00 bits per heavy atom. The van der Waals surface area contributed by atoms with Gasteiger partial charge in [-0.15, -0.1) is 0 Å². The van der Waals surface area contributed by atoms with E-state index in [1.54, 1.807) is 32.6 Å². The average Bonchev–Trinajstić information content (AvgIpc) is 3.55. The van der Waals surface area contributed by atoms with Gasteiger partial charge in [0.25, 0.3) is 0 Å². The van der Waals surface area contributed by atoms with Crippen LogP contribution in [-0.2, 0) is 4.79 Å². The molecule has 0 fully saturated rings. The molecule has 2 heterocycles. The SMILES string of the molecule is C/C=C\CC/C=C\CC.C=C(NC)c1cnn2ccc(-c3ccc(OC)cc3)c(F)c12.CC.CC.CC.CCC(NC=O)C(C)C. The molecule has 3 aromatic rings. The number of nitrogens with zero attached hydrogens (tertiary/aromatic N) is 2. The van der Waals surface area contributed by atoms with Crippen LogP contribution in [0.4, 0.5) is 4.39 Å². The van der Waals surface area contributed by atoms with Gasteiger partial charge in [-0.1, -0.05) is 112 Å². The van der Waals surface area contributed by atoms with E-state index in [1.165, 1.54) is 17.4 Å². The third-order valence-electron chi connectivity index (χ3n) is 6.31. The molecule has 6 nitrogen and oxygen atoms in total. The normalized spacial score (nSPS) is 10.4. The number of allylic oxidation sites excluding steroid dienone is 4. The summed E-state index contributed by atoms with van der Waals surface area (Å²) in [5, 5.41) is 9.85. The van der Waals surface area contributed by atoms with Gasteiger partial charge in [0.05, 0.1) is 13.3 Å². The number of pyridine rings is 1. The summed E-state index contributed by atoms with van der Waals surface area (Å²) in [5.41, 5.74) is 2.98. The lowest BCUT2D eigenvalue weighted by Crippen LogP contribution is -2.31. The molecule has 0 saturated heterocycles. The Kier molecular flexibility index (Phi) is 31.5. The summed E-state index contributed by atoms with van der Waals surface area (Å²) in [6, 6.07) is 9.34. The Balaban J connectivity index is -0.000000645. The van der Waals surface area contributed by atoms with Crippen molar-refractivity contribution in [3.05, 3.63) is 85.0 Å². The molecule has 46 heavy (non-hydrogen) atoms. The van der Waals surface area contributed by atoms with Crippen molar-refractivity contribution in [1.29, 1.82) is 0 Å². The molecule has 3 rings (SSSR count). The van der Waals surface area contributed by atoms with Crippen LogP contribution >= 0.6 is 0 Å². The van der Waals surface area contributed by atoms with E-state index in [2.05, 4.69) is 81.2 Å². The maximum Gasteiger partial charge on any atom is 0.207 e. The molecule has 1 atom stereocenters. The lowest BCUT2D eigenvalue weighted by Gasteiger charge is -2.16. The van der Waals surface area contributed by atoms with E-state index in [4.69, 9.17) is 4.74 Å². The van der Waals surface area contributed by atoms with Crippen molar-refractivity contribution in [2.45, 2.75) is 108 Å². The van der Waals surface area contributed by atoms with Gasteiger partial charge in [0.1, 0.15) is 11.3 Å². The van der Waals surface area contributed by atoms with Crippen LogP contribution in [0.25, 0.3) is 22.3 Å². The molecular weight excluding hydrogens is 575 g/mol. The molecule has 2 N–H and O–H groups in total. The number of unbranched alkanes of at least 4 members (excludes halogenated alkanes) is 1. The fraction of sp³-hybridized carbons (Fsp3) is 0.487. The first kappa shape index (κ1) is 46.5. The van der Waals surface area contributed by atoms with Crippen molar-refractivity contribution >= 4 is 17.6 Å². The van der Waals surface area contributed by atoms with Gasteiger partial charge in [-0.05, 0) is 62.3 Å². The van der Waals surface area contributed by atoms with Crippen molar-refractivity contribution in [2.75, 3.05) is 14.2 Å². The summed E-state index contributed by atoms with van der Waals surface area (Å²) < 4.78 is 21.6. The van der Waals surface area contributed by atoms with Gasteiger partial charge >= 0.3 is 0 Å². The number of amides is 1. The number of hydrogen-bond donors (Lipinski definition) is 2. The van der Waals surface area contributed by atoms with Crippen molar-refractivity contribution in [3.63, 3.8) is 0 Å². The maximum atomic E-state index is 15.0. The number of fused-ring (bicyclic) bond motifs is 1. The zero-order chi connectivity index (χ0) is 35.9. The number of aromatic nitrogens is 2. The van der Waals surface area contributed by atoms with Crippen molar-refractivity contribution < 1.29 is 13.9 Å². The van der Waals surface area contributed by atoms with E-state index < -0.39 is 0 Å². The fourth-order valence-corrected chi connectivity index (χ4v) is 3.90. The monoisotopic (exact) mass is 641 g/mol. The highest BCUT2D eigenvalue weighted by Gasteiger charge is 2.16. The summed E-state index contributed by atoms with van der Waals surface area (Å²) >= 11 is 0. The largest absolute Gasteiger partial charge is 0.497 e. The average molecular weight is 641 g/mol. The third-order valence-corrected chi connectivity index (χ3v) is 6.31. The van der Waals surface area contributed by atoms with Gasteiger partial charge in [-0.2, -0.15) is 5.10 Å². The Hall–Kier alpha value is -3.87. The minimum Gasteiger partial charge on any atom is -0.497 e. The highest BCUT2D eigenvalue weighted by atomic mass is 19.1. The smallest absolute Gasteiger partial charge is 0.207 e. The number of carbonyl (C=O) groups is 1. The van der Waals surface area contributed by atoms with Crippen LogP contribution in [0.3, 0.4) is 0 Å². The number of carbonyl (C=O) groups excluding carboxylic acids is 1. The van der Waals surface area contributed by atoms with Crippen LogP contribution in [0.5, 0.6) is 5.75 Å². The highest BCUT2D eigenvalue weighted by Crippen LogP contribution is 2.29. The second-order valence-corrected chi connectivity index (χ2v) is 9.42. The number of halogens is 1. The molecule has 0 aliphatic heterocycles. The molecule has 7 heteroatoms. The predicted molar refractivity (Wildman–Crippen MR) is 201 cm³/mol. The van der Waals surface area contributed by atoms with Crippen LogP contribution in [0.15, 0.2) is 73.6 Å². The van der Waals surface area contributed by atoms with Crippen molar-refractivity contribution in [2.24, 2.45) is 5.92 Å². The van der Waals surface area contributed by atoms with E-state index in [1.807, 2.05) is 65.8 Å². The van der Waals surface area contributed by atoms with Gasteiger partial charge in [0.2, 0.25) is 6.41 Å². The zero-order valence-corrected chi connectivity index (χ0v) is 31.2. The molecule has 0 aliphatic carbocycles. The van der Waals surface area contributed by atoms with E-state index >= 15 is 0 Å². The van der Waals surface area contributed by atoms with Crippen LogP contribution in [0, 0.1) is 11.7 Å². The lowest BCUT2D eigenvalue weighted by atomic mass is 10.0. The fourth-order valence-electron chi connectivity index (χ4n) is 3.90.